The molecule has 172 valence electrons. The number of hydrogen-bond acceptors (Lipinski definition) is 9. The molecule has 0 radical (unpaired) electrons. The van der Waals surface area contributed by atoms with Gasteiger partial charge in [-0.15, -0.1) is 0 Å². The smallest absolute Gasteiger partial charge is 0.296 e. The average molecular weight is 457 g/mol. The summed E-state index contributed by atoms with van der Waals surface area (Å²) in [6, 6.07) is 5.04. The molecule has 0 unspecified atom stereocenters. The van der Waals surface area contributed by atoms with Crippen molar-refractivity contribution in [1.82, 2.24) is 34.1 Å². The van der Waals surface area contributed by atoms with Crippen LogP contribution in [0.5, 0.6) is 5.75 Å². The molecule has 1 aromatic carbocycles. The summed E-state index contributed by atoms with van der Waals surface area (Å²) in [5, 5.41) is 3.09. The number of nitrogens with one attached hydrogen (secondary N) is 1. The van der Waals surface area contributed by atoms with Gasteiger partial charge in [-0.3, -0.25) is 4.57 Å². The molecule has 11 nitrogen and oxygen atoms in total. The molecule has 0 amide bonds. The molecule has 0 aliphatic carbocycles. The molecule has 5 rings (SSSR count). The number of aryl methyl sites for hydroxylation is 1. The third kappa shape index (κ3) is 3.91. The first-order valence-corrected chi connectivity index (χ1v) is 10.2. The number of rotatable bonds is 6. The second kappa shape index (κ2) is 8.58. The van der Waals surface area contributed by atoms with Crippen molar-refractivity contribution in [3.05, 3.63) is 36.5 Å². The SMILES string of the molecule is COc1cccc2c1nc(C(F)F)n2-c1nc(Nc2cncn2C)nc(N2CCOCC2)n1. The van der Waals surface area contributed by atoms with Gasteiger partial charge in [0, 0.05) is 20.1 Å². The molecular weight excluding hydrogens is 436 g/mol. The van der Waals surface area contributed by atoms with Gasteiger partial charge in [0.1, 0.15) is 17.1 Å². The average Bonchev–Trinajstić information content (AvgIpc) is 3.43. The predicted octanol–water partition coefficient (Wildman–Crippen LogP) is 2.47. The first kappa shape index (κ1) is 21.0. The molecule has 0 saturated carbocycles. The molecular formula is C20H21F2N9O2. The van der Waals surface area contributed by atoms with Gasteiger partial charge >= 0.3 is 0 Å². The highest BCUT2D eigenvalue weighted by atomic mass is 19.3. The van der Waals surface area contributed by atoms with E-state index >= 15 is 0 Å². The van der Waals surface area contributed by atoms with Crippen LogP contribution in [0, 0.1) is 0 Å². The van der Waals surface area contributed by atoms with Crippen LogP contribution in [-0.2, 0) is 11.8 Å². The minimum Gasteiger partial charge on any atom is -0.494 e. The van der Waals surface area contributed by atoms with Crippen LogP contribution >= 0.6 is 0 Å². The van der Waals surface area contributed by atoms with E-state index in [1.807, 2.05) is 11.9 Å². The van der Waals surface area contributed by atoms with Crippen molar-refractivity contribution < 1.29 is 18.3 Å². The lowest BCUT2D eigenvalue weighted by Crippen LogP contribution is -2.37. The number of hydrogen-bond donors (Lipinski definition) is 1. The van der Waals surface area contributed by atoms with Crippen molar-refractivity contribution in [2.75, 3.05) is 43.6 Å². The number of fused-ring (bicyclic) bond motifs is 1. The van der Waals surface area contributed by atoms with Crippen molar-refractivity contribution in [3.63, 3.8) is 0 Å². The number of anilines is 3. The zero-order valence-corrected chi connectivity index (χ0v) is 17.9. The summed E-state index contributed by atoms with van der Waals surface area (Å²) >= 11 is 0. The molecule has 3 aromatic heterocycles. The Morgan fingerprint density at radius 1 is 1.09 bits per heavy atom. The maximum Gasteiger partial charge on any atom is 0.296 e. The minimum atomic E-state index is -2.86. The highest BCUT2D eigenvalue weighted by Gasteiger charge is 2.25. The topological polar surface area (TPSA) is 108 Å². The monoisotopic (exact) mass is 457 g/mol. The van der Waals surface area contributed by atoms with Gasteiger partial charge in [-0.1, -0.05) is 6.07 Å². The van der Waals surface area contributed by atoms with Gasteiger partial charge in [0.25, 0.3) is 6.43 Å². The fourth-order valence-electron chi connectivity index (χ4n) is 3.62. The highest BCUT2D eigenvalue weighted by molar-refractivity contribution is 5.84. The number of morpholine rings is 1. The van der Waals surface area contributed by atoms with Crippen LogP contribution in [0.4, 0.5) is 26.5 Å². The Bertz CT molecular complexity index is 1280. The van der Waals surface area contributed by atoms with E-state index in [4.69, 9.17) is 9.47 Å². The molecule has 0 spiro atoms. The number of benzene rings is 1. The van der Waals surface area contributed by atoms with E-state index in [0.29, 0.717) is 54.9 Å². The lowest BCUT2D eigenvalue weighted by atomic mass is 10.3. The molecule has 1 aliphatic rings. The Morgan fingerprint density at radius 2 is 1.88 bits per heavy atom. The van der Waals surface area contributed by atoms with Crippen molar-refractivity contribution in [2.45, 2.75) is 6.43 Å². The molecule has 1 aliphatic heterocycles. The second-order valence-corrected chi connectivity index (χ2v) is 7.31. The number of nitrogens with zero attached hydrogens (tertiary/aromatic N) is 8. The fourth-order valence-corrected chi connectivity index (χ4v) is 3.62. The Hall–Kier alpha value is -3.87. The van der Waals surface area contributed by atoms with Gasteiger partial charge in [0.2, 0.25) is 17.8 Å². The van der Waals surface area contributed by atoms with Crippen molar-refractivity contribution in [1.29, 1.82) is 0 Å². The van der Waals surface area contributed by atoms with Crippen LogP contribution in [-0.4, -0.2) is 67.5 Å². The van der Waals surface area contributed by atoms with Crippen LogP contribution in [0.15, 0.2) is 30.7 Å². The maximum absolute atomic E-state index is 14.1. The third-order valence-corrected chi connectivity index (χ3v) is 5.25. The van der Waals surface area contributed by atoms with Crippen molar-refractivity contribution in [3.8, 4) is 11.7 Å². The number of ether oxygens (including phenoxy) is 2. The van der Waals surface area contributed by atoms with E-state index in [9.17, 15) is 8.78 Å². The Balaban J connectivity index is 1.70. The highest BCUT2D eigenvalue weighted by Crippen LogP contribution is 2.32. The number of para-hydroxylation sites is 1. The second-order valence-electron chi connectivity index (χ2n) is 7.31. The van der Waals surface area contributed by atoms with Crippen molar-refractivity contribution >= 4 is 28.7 Å². The van der Waals surface area contributed by atoms with Crippen LogP contribution < -0.4 is 15.0 Å². The Kier molecular flexibility index (Phi) is 5.46. The summed E-state index contributed by atoms with van der Waals surface area (Å²) in [7, 11) is 3.27. The number of halogens is 2. The normalized spacial score (nSPS) is 14.3. The quantitative estimate of drug-likeness (QED) is 0.467. The maximum atomic E-state index is 14.1. The fraction of sp³-hybridized carbons (Fsp3) is 0.350. The lowest BCUT2D eigenvalue weighted by molar-refractivity contribution is 0.122. The van der Waals surface area contributed by atoms with Gasteiger partial charge in [-0.2, -0.15) is 15.0 Å². The Labute approximate surface area is 187 Å². The van der Waals surface area contributed by atoms with E-state index in [-0.39, 0.29) is 11.9 Å². The van der Waals surface area contributed by atoms with Gasteiger partial charge < -0.3 is 24.3 Å². The van der Waals surface area contributed by atoms with E-state index in [1.165, 1.54) is 11.7 Å². The third-order valence-electron chi connectivity index (χ3n) is 5.25. The minimum absolute atomic E-state index is 0.0159. The largest absolute Gasteiger partial charge is 0.494 e. The van der Waals surface area contributed by atoms with Crippen LogP contribution in [0.3, 0.4) is 0 Å². The first-order valence-electron chi connectivity index (χ1n) is 10.2. The first-order chi connectivity index (χ1) is 16.0. The van der Waals surface area contributed by atoms with Crippen LogP contribution in [0.1, 0.15) is 12.2 Å². The van der Waals surface area contributed by atoms with Gasteiger partial charge in [-0.05, 0) is 12.1 Å². The van der Waals surface area contributed by atoms with Gasteiger partial charge in [0.05, 0.1) is 38.4 Å². The van der Waals surface area contributed by atoms with E-state index in [2.05, 4.69) is 30.2 Å². The molecule has 4 aromatic rings. The van der Waals surface area contributed by atoms with Gasteiger partial charge in [-0.25, -0.2) is 18.7 Å². The molecule has 1 saturated heterocycles. The number of imidazole rings is 2. The number of aromatic nitrogens is 7. The lowest BCUT2D eigenvalue weighted by Gasteiger charge is -2.27. The Morgan fingerprint density at radius 3 is 2.58 bits per heavy atom. The molecule has 33 heavy (non-hydrogen) atoms. The summed E-state index contributed by atoms with van der Waals surface area (Å²) < 4.78 is 41.8. The molecule has 1 N–H and O–H groups in total. The predicted molar refractivity (Wildman–Crippen MR) is 115 cm³/mol. The van der Waals surface area contributed by atoms with E-state index in [1.54, 1.807) is 35.3 Å². The molecule has 1 fully saturated rings. The van der Waals surface area contributed by atoms with Crippen molar-refractivity contribution in [2.24, 2.45) is 7.05 Å². The number of methoxy groups -OCH3 is 1. The summed E-state index contributed by atoms with van der Waals surface area (Å²) in [5.41, 5.74) is 0.694. The zero-order chi connectivity index (χ0) is 22.9. The standard InChI is InChI=1S/C20H21F2N9O2/c1-29-11-23-10-14(29)24-18-26-19(30-6-8-33-9-7-30)28-20(27-18)31-12-4-3-5-13(32-2)15(12)25-17(31)16(21)22/h3-5,10-11,16H,6-9H2,1-2H3,(H,24,26,27,28). The summed E-state index contributed by atoms with van der Waals surface area (Å²) in [4.78, 5) is 23.6. The molecule has 13 heteroatoms. The molecule has 4 heterocycles. The van der Waals surface area contributed by atoms with E-state index in [0.717, 1.165) is 0 Å². The summed E-state index contributed by atoms with van der Waals surface area (Å²) in [6.45, 7) is 2.15. The van der Waals surface area contributed by atoms with Crippen LogP contribution in [0.2, 0.25) is 0 Å². The summed E-state index contributed by atoms with van der Waals surface area (Å²) in [5.74, 6) is 1.07. The van der Waals surface area contributed by atoms with Gasteiger partial charge in [0.15, 0.2) is 5.82 Å². The zero-order valence-electron chi connectivity index (χ0n) is 17.9. The summed E-state index contributed by atoms with van der Waals surface area (Å²) in [6.07, 6.45) is 0.372. The molecule has 0 bridgehead atoms. The van der Waals surface area contributed by atoms with Crippen LogP contribution in [0.25, 0.3) is 17.0 Å². The molecule has 0 atom stereocenters. The van der Waals surface area contributed by atoms with E-state index < -0.39 is 12.2 Å². The number of alkyl halides is 2.